The van der Waals surface area contributed by atoms with Crippen LogP contribution in [0.3, 0.4) is 0 Å². The first-order valence-corrected chi connectivity index (χ1v) is 22.3. The zero-order valence-corrected chi connectivity index (χ0v) is 34.7. The Bertz CT molecular complexity index is 2780. The molecule has 0 aliphatic rings. The molecule has 2 heterocycles. The van der Waals surface area contributed by atoms with Crippen LogP contribution >= 0.6 is 15.8 Å². The Kier molecular flexibility index (Phi) is 9.33. The lowest BCUT2D eigenvalue weighted by molar-refractivity contribution is 0.665. The van der Waals surface area contributed by atoms with Crippen LogP contribution < -0.4 is 41.6 Å². The third-order valence-electron chi connectivity index (χ3n) is 11.0. The first-order valence-electron chi connectivity index (χ1n) is 19.6. The fourth-order valence-electron chi connectivity index (χ4n) is 8.39. The van der Waals surface area contributed by atoms with Gasteiger partial charge in [-0.15, -0.1) is 0 Å². The minimum atomic E-state index is -1.14. The maximum absolute atomic E-state index is 7.25. The minimum Gasteiger partial charge on any atom is -0.455 e. The van der Waals surface area contributed by atoms with Crippen LogP contribution in [0.25, 0.3) is 55.0 Å². The number of hydrogen-bond acceptors (Lipinski definition) is 4. The monoisotopic (exact) mass is 788 g/mol. The summed E-state index contributed by atoms with van der Waals surface area (Å²) < 4.78 is 14.5. The van der Waals surface area contributed by atoms with E-state index in [1.165, 1.54) is 31.8 Å². The first-order chi connectivity index (χ1) is 28.5. The highest BCUT2D eigenvalue weighted by molar-refractivity contribution is 7.81. The molecule has 10 rings (SSSR count). The SMILES string of the molecule is CN(C)c1cc2c(oc3ccccc32)c(-c2c(P(c3ccccc3)c3ccccc3)c(N(C)C)cc3c2oc2ccccc23)c1P(c1ccccc1)c1ccccc1. The van der Waals surface area contributed by atoms with Gasteiger partial charge in [0.05, 0.1) is 0 Å². The summed E-state index contributed by atoms with van der Waals surface area (Å²) in [6.45, 7) is 0. The Hall–Kier alpha value is -6.18. The van der Waals surface area contributed by atoms with Crippen molar-refractivity contribution in [1.82, 2.24) is 0 Å². The predicted molar refractivity (Wildman–Crippen MR) is 252 cm³/mol. The van der Waals surface area contributed by atoms with E-state index in [1.54, 1.807) is 0 Å². The predicted octanol–water partition coefficient (Wildman–Crippen LogP) is 10.8. The van der Waals surface area contributed by atoms with Crippen LogP contribution in [0.5, 0.6) is 0 Å². The summed E-state index contributed by atoms with van der Waals surface area (Å²) in [7, 11) is 6.42. The summed E-state index contributed by atoms with van der Waals surface area (Å²) >= 11 is 0. The first kappa shape index (κ1) is 36.2. The molecule has 4 nitrogen and oxygen atoms in total. The number of para-hydroxylation sites is 2. The third kappa shape index (κ3) is 6.07. The van der Waals surface area contributed by atoms with Gasteiger partial charge in [0.15, 0.2) is 0 Å². The van der Waals surface area contributed by atoms with E-state index in [4.69, 9.17) is 8.83 Å². The molecule has 58 heavy (non-hydrogen) atoms. The van der Waals surface area contributed by atoms with Crippen molar-refractivity contribution in [2.45, 2.75) is 0 Å². The molecular formula is C52H42N2O2P2. The fraction of sp³-hybridized carbons (Fsp3) is 0.0769. The van der Waals surface area contributed by atoms with Gasteiger partial charge in [0, 0.05) is 82.8 Å². The highest BCUT2D eigenvalue weighted by atomic mass is 31.1. The van der Waals surface area contributed by atoms with E-state index >= 15 is 0 Å². The number of nitrogens with zero attached hydrogens (tertiary/aromatic N) is 2. The second kappa shape index (κ2) is 15.0. The van der Waals surface area contributed by atoms with Gasteiger partial charge in [0.1, 0.15) is 22.3 Å². The van der Waals surface area contributed by atoms with Gasteiger partial charge in [-0.25, -0.2) is 0 Å². The molecule has 8 aromatic carbocycles. The van der Waals surface area contributed by atoms with Crippen molar-refractivity contribution in [2.24, 2.45) is 0 Å². The maximum Gasteiger partial charge on any atom is 0.144 e. The summed E-state index contributed by atoms with van der Waals surface area (Å²) in [5, 5.41) is 11.9. The molecule has 0 unspecified atom stereocenters. The van der Waals surface area contributed by atoms with Crippen molar-refractivity contribution < 1.29 is 8.83 Å². The van der Waals surface area contributed by atoms with Crippen LogP contribution in [0.15, 0.2) is 191 Å². The second-order valence-corrected chi connectivity index (χ2v) is 19.3. The summed E-state index contributed by atoms with van der Waals surface area (Å²) in [5.74, 6) is 0. The summed E-state index contributed by atoms with van der Waals surface area (Å²) in [5.41, 5.74) is 7.95. The lowest BCUT2D eigenvalue weighted by Gasteiger charge is -2.32. The lowest BCUT2D eigenvalue weighted by atomic mass is 9.97. The summed E-state index contributed by atoms with van der Waals surface area (Å²) in [6.07, 6.45) is 0. The zero-order valence-electron chi connectivity index (χ0n) is 32.9. The number of benzene rings is 8. The lowest BCUT2D eigenvalue weighted by Crippen LogP contribution is -2.31. The second-order valence-electron chi connectivity index (χ2n) is 15.0. The molecule has 0 fully saturated rings. The molecule has 0 radical (unpaired) electrons. The molecule has 0 bridgehead atoms. The Morgan fingerprint density at radius 1 is 0.345 bits per heavy atom. The van der Waals surface area contributed by atoms with Crippen LogP contribution in [0.4, 0.5) is 11.4 Å². The van der Waals surface area contributed by atoms with E-state index < -0.39 is 15.8 Å². The smallest absolute Gasteiger partial charge is 0.144 e. The Morgan fingerprint density at radius 2 is 0.638 bits per heavy atom. The molecule has 6 heteroatoms. The van der Waals surface area contributed by atoms with Crippen molar-refractivity contribution in [3.63, 3.8) is 0 Å². The van der Waals surface area contributed by atoms with Gasteiger partial charge in [-0.05, 0) is 61.3 Å². The third-order valence-corrected chi connectivity index (χ3v) is 16.0. The van der Waals surface area contributed by atoms with E-state index in [-0.39, 0.29) is 0 Å². The van der Waals surface area contributed by atoms with Crippen molar-refractivity contribution in [3.05, 3.63) is 182 Å². The average Bonchev–Trinajstić information content (AvgIpc) is 3.83. The van der Waals surface area contributed by atoms with Gasteiger partial charge in [0.25, 0.3) is 0 Å². The van der Waals surface area contributed by atoms with Gasteiger partial charge in [0.2, 0.25) is 0 Å². The van der Waals surface area contributed by atoms with Crippen LogP contribution in [0, 0.1) is 0 Å². The van der Waals surface area contributed by atoms with E-state index in [2.05, 4.69) is 220 Å². The molecule has 0 aliphatic heterocycles. The summed E-state index contributed by atoms with van der Waals surface area (Å²) in [4.78, 5) is 4.59. The maximum atomic E-state index is 7.25. The fourth-order valence-corrected chi connectivity index (χ4v) is 13.8. The topological polar surface area (TPSA) is 32.8 Å². The molecule has 0 saturated heterocycles. The highest BCUT2D eigenvalue weighted by Gasteiger charge is 2.35. The van der Waals surface area contributed by atoms with Crippen molar-refractivity contribution in [3.8, 4) is 11.1 Å². The van der Waals surface area contributed by atoms with Gasteiger partial charge in [-0.1, -0.05) is 158 Å². The highest BCUT2D eigenvalue weighted by Crippen LogP contribution is 2.52. The van der Waals surface area contributed by atoms with E-state index in [0.717, 1.165) is 66.4 Å². The van der Waals surface area contributed by atoms with Crippen LogP contribution in [-0.4, -0.2) is 28.2 Å². The molecule has 0 spiro atoms. The quantitative estimate of drug-likeness (QED) is 0.136. The molecule has 0 N–H and O–H groups in total. The largest absolute Gasteiger partial charge is 0.455 e. The zero-order chi connectivity index (χ0) is 39.3. The van der Waals surface area contributed by atoms with Gasteiger partial charge in [-0.3, -0.25) is 0 Å². The van der Waals surface area contributed by atoms with E-state index in [9.17, 15) is 0 Å². The average molecular weight is 789 g/mol. The Morgan fingerprint density at radius 3 is 0.948 bits per heavy atom. The molecule has 282 valence electrons. The number of hydrogen-bond donors (Lipinski definition) is 0. The summed E-state index contributed by atoms with van der Waals surface area (Å²) in [6, 6.07) is 65.8. The van der Waals surface area contributed by atoms with E-state index in [1.807, 2.05) is 0 Å². The normalized spacial score (nSPS) is 11.8. The number of rotatable bonds is 9. The molecule has 0 saturated carbocycles. The van der Waals surface area contributed by atoms with Gasteiger partial charge < -0.3 is 18.6 Å². The molecule has 10 aromatic rings. The Balaban J connectivity index is 1.50. The number of furan rings is 2. The molecule has 0 aliphatic carbocycles. The standard InChI is InChI=1S/C52H42N2O2P2/c1-53(2)43-33-41-39-29-17-19-31-45(39)55-49(41)47(51(43)57(35-21-9-5-10-22-35)36-23-11-6-12-24-36)48-50-42(40-30-18-20-32-46(40)56-50)34-44(54(3)4)52(48)58(37-25-13-7-14-26-37)38-27-15-8-16-28-38/h5-34H,1-4H3. The molecule has 0 amide bonds. The number of fused-ring (bicyclic) bond motifs is 6. The van der Waals surface area contributed by atoms with Crippen LogP contribution in [-0.2, 0) is 0 Å². The van der Waals surface area contributed by atoms with Crippen LogP contribution in [0.1, 0.15) is 0 Å². The van der Waals surface area contributed by atoms with Crippen LogP contribution in [0.2, 0.25) is 0 Å². The molecule has 2 aromatic heterocycles. The van der Waals surface area contributed by atoms with Crippen molar-refractivity contribution in [1.29, 1.82) is 0 Å². The van der Waals surface area contributed by atoms with E-state index in [0.29, 0.717) is 0 Å². The molecule has 0 atom stereocenters. The Labute approximate surface area is 341 Å². The van der Waals surface area contributed by atoms with Gasteiger partial charge in [-0.2, -0.15) is 0 Å². The van der Waals surface area contributed by atoms with Gasteiger partial charge >= 0.3 is 0 Å². The molecular weight excluding hydrogens is 747 g/mol. The van der Waals surface area contributed by atoms with Crippen molar-refractivity contribution >= 4 is 103 Å². The number of anilines is 2. The van der Waals surface area contributed by atoms with Crippen molar-refractivity contribution in [2.75, 3.05) is 38.0 Å². The minimum absolute atomic E-state index is 0.865.